The number of para-hydroxylation sites is 1. The highest BCUT2D eigenvalue weighted by molar-refractivity contribution is 7.20. The van der Waals surface area contributed by atoms with Crippen molar-refractivity contribution in [2.75, 3.05) is 0 Å². The molecule has 0 saturated carbocycles. The van der Waals surface area contributed by atoms with E-state index in [1.807, 2.05) is 0 Å². The minimum absolute atomic E-state index is 0.0532. The Bertz CT molecular complexity index is 1360. The van der Waals surface area contributed by atoms with Gasteiger partial charge in [-0.3, -0.25) is 25.0 Å². The highest BCUT2D eigenvalue weighted by Crippen LogP contribution is 2.31. The van der Waals surface area contributed by atoms with Crippen LogP contribution in [-0.4, -0.2) is 22.0 Å². The maximum atomic E-state index is 12.3. The first kappa shape index (κ1) is 19.9. The molecule has 0 atom stereocenters. The number of benzene rings is 2. The lowest BCUT2D eigenvalue weighted by molar-refractivity contribution is -0.384. The molecule has 10 nitrogen and oxygen atoms in total. The minimum Gasteiger partial charge on any atom is -0.455 e. The van der Waals surface area contributed by atoms with Gasteiger partial charge >= 0.3 is 0 Å². The van der Waals surface area contributed by atoms with Crippen LogP contribution in [0.4, 0.5) is 11.4 Å². The summed E-state index contributed by atoms with van der Waals surface area (Å²) < 4.78 is 6.30. The fourth-order valence-corrected chi connectivity index (χ4v) is 3.81. The maximum absolute atomic E-state index is 12.3. The van der Waals surface area contributed by atoms with Gasteiger partial charge in [-0.25, -0.2) is 5.43 Å². The van der Waals surface area contributed by atoms with Gasteiger partial charge < -0.3 is 4.42 Å². The number of nitrogens with one attached hydrogen (secondary N) is 1. The third-order valence-corrected chi connectivity index (χ3v) is 5.40. The highest BCUT2D eigenvalue weighted by atomic mass is 32.1. The first-order valence-electron chi connectivity index (χ1n) is 8.77. The highest BCUT2D eigenvalue weighted by Gasteiger charge is 2.17. The Morgan fingerprint density at radius 3 is 2.61 bits per heavy atom. The van der Waals surface area contributed by atoms with Gasteiger partial charge in [0.25, 0.3) is 17.3 Å². The van der Waals surface area contributed by atoms with Crippen molar-refractivity contribution < 1.29 is 19.1 Å². The van der Waals surface area contributed by atoms with Gasteiger partial charge in [-0.05, 0) is 30.3 Å². The molecule has 0 bridgehead atoms. The van der Waals surface area contributed by atoms with Crippen molar-refractivity contribution in [1.29, 1.82) is 0 Å². The van der Waals surface area contributed by atoms with Crippen molar-refractivity contribution >= 4 is 44.9 Å². The van der Waals surface area contributed by atoms with Crippen LogP contribution in [0.1, 0.15) is 15.4 Å². The van der Waals surface area contributed by atoms with Gasteiger partial charge in [-0.1, -0.05) is 12.1 Å². The molecule has 2 heterocycles. The smallest absolute Gasteiger partial charge is 0.281 e. The molecule has 2 aromatic carbocycles. The number of thiophene rings is 1. The molecule has 0 fully saturated rings. The lowest BCUT2D eigenvalue weighted by Gasteiger charge is -1.98. The van der Waals surface area contributed by atoms with Gasteiger partial charge in [0.2, 0.25) is 0 Å². The van der Waals surface area contributed by atoms with Gasteiger partial charge in [-0.2, -0.15) is 5.10 Å². The zero-order valence-electron chi connectivity index (χ0n) is 15.6. The zero-order valence-corrected chi connectivity index (χ0v) is 16.4. The molecule has 4 aromatic rings. The van der Waals surface area contributed by atoms with Gasteiger partial charge in [0, 0.05) is 28.3 Å². The van der Waals surface area contributed by atoms with Crippen LogP contribution in [0.5, 0.6) is 0 Å². The van der Waals surface area contributed by atoms with Gasteiger partial charge in [0.1, 0.15) is 11.5 Å². The van der Waals surface area contributed by atoms with Crippen molar-refractivity contribution in [2.24, 2.45) is 5.10 Å². The Labute approximate surface area is 177 Å². The second-order valence-corrected chi connectivity index (χ2v) is 7.35. The molecule has 11 heteroatoms. The quantitative estimate of drug-likeness (QED) is 0.263. The van der Waals surface area contributed by atoms with Crippen LogP contribution in [0.3, 0.4) is 0 Å². The van der Waals surface area contributed by atoms with E-state index in [2.05, 4.69) is 10.5 Å². The van der Waals surface area contributed by atoms with E-state index in [1.165, 1.54) is 35.8 Å². The molecule has 1 N–H and O–H groups in total. The summed E-state index contributed by atoms with van der Waals surface area (Å²) in [6.07, 6.45) is 1.27. The summed E-state index contributed by atoms with van der Waals surface area (Å²) in [5, 5.41) is 26.5. The molecule has 154 valence electrons. The second kappa shape index (κ2) is 8.16. The number of hydrazone groups is 1. The van der Waals surface area contributed by atoms with E-state index in [-0.39, 0.29) is 11.4 Å². The predicted octanol–water partition coefficient (Wildman–Crippen LogP) is 4.74. The number of nitro groups is 2. The summed E-state index contributed by atoms with van der Waals surface area (Å²) in [5.41, 5.74) is 2.55. The minimum atomic E-state index is -0.497. The number of nitrogens with zero attached hydrogens (tertiary/aromatic N) is 3. The predicted molar refractivity (Wildman–Crippen MR) is 114 cm³/mol. The van der Waals surface area contributed by atoms with Crippen molar-refractivity contribution in [3.05, 3.63) is 91.5 Å². The number of hydrogen-bond donors (Lipinski definition) is 1. The standard InChI is InChI=1S/C20H12N4O6S/c25-20(19-10-12-9-13(23(26)27)5-8-18(12)31-19)22-21-11-14-6-7-17(30-14)15-3-1-2-4-16(15)24(28)29/h1-11H,(H,22,25)/b21-11+. The van der Waals surface area contributed by atoms with Crippen LogP contribution in [-0.2, 0) is 0 Å². The normalized spacial score (nSPS) is 11.1. The van der Waals surface area contributed by atoms with Crippen molar-refractivity contribution in [3.8, 4) is 11.3 Å². The van der Waals surface area contributed by atoms with Crippen LogP contribution < -0.4 is 5.43 Å². The van der Waals surface area contributed by atoms with E-state index in [0.717, 1.165) is 4.70 Å². The van der Waals surface area contributed by atoms with E-state index in [1.54, 1.807) is 42.5 Å². The van der Waals surface area contributed by atoms with E-state index >= 15 is 0 Å². The van der Waals surface area contributed by atoms with Crippen LogP contribution in [0.2, 0.25) is 0 Å². The molecule has 31 heavy (non-hydrogen) atoms. The third-order valence-electron chi connectivity index (χ3n) is 4.29. The number of furan rings is 1. The van der Waals surface area contributed by atoms with E-state index < -0.39 is 15.8 Å². The molecule has 1 amide bonds. The van der Waals surface area contributed by atoms with E-state index in [4.69, 9.17) is 4.42 Å². The number of fused-ring (bicyclic) bond motifs is 1. The number of hydrogen-bond acceptors (Lipinski definition) is 8. The molecular formula is C20H12N4O6S. The number of non-ortho nitro benzene ring substituents is 1. The number of nitro benzene ring substituents is 2. The van der Waals surface area contributed by atoms with Crippen molar-refractivity contribution in [3.63, 3.8) is 0 Å². The molecule has 0 spiro atoms. The van der Waals surface area contributed by atoms with E-state index in [9.17, 15) is 25.0 Å². The monoisotopic (exact) mass is 436 g/mol. The number of carbonyl (C=O) groups is 1. The van der Waals surface area contributed by atoms with Crippen LogP contribution in [0.25, 0.3) is 21.4 Å². The Morgan fingerprint density at radius 1 is 1.03 bits per heavy atom. The molecule has 0 aliphatic heterocycles. The molecule has 0 radical (unpaired) electrons. The maximum Gasteiger partial charge on any atom is 0.281 e. The molecule has 0 aliphatic carbocycles. The number of amides is 1. The third kappa shape index (κ3) is 4.16. The Balaban J connectivity index is 1.47. The first-order chi connectivity index (χ1) is 14.9. The molecule has 2 aromatic heterocycles. The topological polar surface area (TPSA) is 141 Å². The lowest BCUT2D eigenvalue weighted by atomic mass is 10.1. The summed E-state index contributed by atoms with van der Waals surface area (Å²) >= 11 is 1.18. The Morgan fingerprint density at radius 2 is 1.84 bits per heavy atom. The van der Waals surface area contributed by atoms with E-state index in [0.29, 0.717) is 27.3 Å². The molecule has 0 unspecified atom stereocenters. The average Bonchev–Trinajstić information content (AvgIpc) is 3.40. The van der Waals surface area contributed by atoms with Crippen LogP contribution in [0.15, 0.2) is 70.2 Å². The first-order valence-corrected chi connectivity index (χ1v) is 9.59. The van der Waals surface area contributed by atoms with Gasteiger partial charge in [0.05, 0.1) is 26.5 Å². The fourth-order valence-electron chi connectivity index (χ4n) is 2.87. The Hall–Kier alpha value is -4.38. The number of carbonyl (C=O) groups excluding carboxylic acids is 1. The molecule has 0 aliphatic rings. The Kier molecular flexibility index (Phi) is 5.24. The van der Waals surface area contributed by atoms with Crippen molar-refractivity contribution in [1.82, 2.24) is 5.43 Å². The molecule has 4 rings (SSSR count). The van der Waals surface area contributed by atoms with Crippen molar-refractivity contribution in [2.45, 2.75) is 0 Å². The zero-order chi connectivity index (χ0) is 22.0. The van der Waals surface area contributed by atoms with Crippen LogP contribution >= 0.6 is 11.3 Å². The largest absolute Gasteiger partial charge is 0.455 e. The summed E-state index contributed by atoms with van der Waals surface area (Å²) in [4.78, 5) is 33.7. The number of rotatable bonds is 6. The second-order valence-electron chi connectivity index (χ2n) is 6.27. The van der Waals surface area contributed by atoms with Gasteiger partial charge in [0.15, 0.2) is 0 Å². The fraction of sp³-hybridized carbons (Fsp3) is 0. The average molecular weight is 436 g/mol. The summed E-state index contributed by atoms with van der Waals surface area (Å²) in [6.45, 7) is 0. The molecule has 0 saturated heterocycles. The summed E-state index contributed by atoms with van der Waals surface area (Å²) in [7, 11) is 0. The lowest BCUT2D eigenvalue weighted by Crippen LogP contribution is -2.15. The van der Waals surface area contributed by atoms with Crippen LogP contribution in [0, 0.1) is 20.2 Å². The SMILES string of the molecule is O=C(N/N=C/c1ccc(-c2ccccc2[N+](=O)[O-])o1)c1cc2cc([N+](=O)[O-])ccc2s1. The van der Waals surface area contributed by atoms with Gasteiger partial charge in [-0.15, -0.1) is 11.3 Å². The molecular weight excluding hydrogens is 424 g/mol. The summed E-state index contributed by atoms with van der Waals surface area (Å²) in [6, 6.07) is 15.3. The summed E-state index contributed by atoms with van der Waals surface area (Å²) in [5.74, 6) is 0.108.